The van der Waals surface area contributed by atoms with E-state index in [1.165, 1.54) is 13.2 Å². The van der Waals surface area contributed by atoms with E-state index in [0.29, 0.717) is 0 Å². The number of nitrogens with zero attached hydrogens (tertiary/aromatic N) is 1. The molecule has 0 saturated carbocycles. The zero-order chi connectivity index (χ0) is 14.6. The SMILES string of the molecule is COC(C)CNS(=O)(=O)c1cc([N+](=O)[O-])ccc1Cl. The molecule has 0 aliphatic heterocycles. The van der Waals surface area contributed by atoms with E-state index in [1.54, 1.807) is 6.92 Å². The molecule has 19 heavy (non-hydrogen) atoms. The first-order chi connectivity index (χ1) is 8.77. The van der Waals surface area contributed by atoms with Gasteiger partial charge in [0.25, 0.3) is 5.69 Å². The minimum absolute atomic E-state index is 0.0395. The summed E-state index contributed by atoms with van der Waals surface area (Å²) in [5, 5.41) is 10.6. The minimum Gasteiger partial charge on any atom is -0.380 e. The van der Waals surface area contributed by atoms with Gasteiger partial charge >= 0.3 is 0 Å². The summed E-state index contributed by atoms with van der Waals surface area (Å²) in [7, 11) is -2.47. The summed E-state index contributed by atoms with van der Waals surface area (Å²) in [6, 6.07) is 3.23. The zero-order valence-electron chi connectivity index (χ0n) is 10.3. The van der Waals surface area contributed by atoms with Gasteiger partial charge in [0.05, 0.1) is 16.0 Å². The first kappa shape index (κ1) is 15.8. The fourth-order valence-corrected chi connectivity index (χ4v) is 2.83. The van der Waals surface area contributed by atoms with Crippen LogP contribution in [-0.4, -0.2) is 33.1 Å². The summed E-state index contributed by atoms with van der Waals surface area (Å²) in [5.74, 6) is 0. The second kappa shape index (κ2) is 6.29. The van der Waals surface area contributed by atoms with E-state index >= 15 is 0 Å². The van der Waals surface area contributed by atoms with Gasteiger partial charge in [-0.3, -0.25) is 10.1 Å². The fourth-order valence-electron chi connectivity index (χ4n) is 1.20. The van der Waals surface area contributed by atoms with Crippen molar-refractivity contribution in [3.8, 4) is 0 Å². The van der Waals surface area contributed by atoms with Crippen LogP contribution in [-0.2, 0) is 14.8 Å². The molecule has 1 atom stereocenters. The third kappa shape index (κ3) is 4.13. The maximum atomic E-state index is 12.0. The Bertz CT molecular complexity index is 575. The smallest absolute Gasteiger partial charge is 0.270 e. The molecule has 1 aromatic carbocycles. The number of sulfonamides is 1. The number of rotatable bonds is 6. The predicted octanol–water partition coefficient (Wildman–Crippen LogP) is 1.56. The van der Waals surface area contributed by atoms with Crippen molar-refractivity contribution in [3.63, 3.8) is 0 Å². The van der Waals surface area contributed by atoms with Gasteiger partial charge < -0.3 is 4.74 Å². The van der Waals surface area contributed by atoms with Gasteiger partial charge in [-0.1, -0.05) is 11.6 Å². The van der Waals surface area contributed by atoms with Gasteiger partial charge in [-0.05, 0) is 13.0 Å². The lowest BCUT2D eigenvalue weighted by atomic mass is 10.3. The van der Waals surface area contributed by atoms with E-state index in [4.69, 9.17) is 16.3 Å². The number of hydrogen-bond acceptors (Lipinski definition) is 5. The number of methoxy groups -OCH3 is 1. The Morgan fingerprint density at radius 1 is 1.53 bits per heavy atom. The second-order valence-corrected chi connectivity index (χ2v) is 5.91. The summed E-state index contributed by atoms with van der Waals surface area (Å²) in [6.45, 7) is 1.72. The van der Waals surface area contributed by atoms with Gasteiger partial charge in [0.1, 0.15) is 4.90 Å². The van der Waals surface area contributed by atoms with Gasteiger partial charge in [0.2, 0.25) is 10.0 Å². The van der Waals surface area contributed by atoms with Gasteiger partial charge in [-0.2, -0.15) is 0 Å². The molecule has 0 spiro atoms. The van der Waals surface area contributed by atoms with Crippen molar-refractivity contribution in [1.82, 2.24) is 4.72 Å². The third-order valence-electron chi connectivity index (χ3n) is 2.38. The van der Waals surface area contributed by atoms with E-state index in [9.17, 15) is 18.5 Å². The molecule has 0 bridgehead atoms. The topological polar surface area (TPSA) is 98.5 Å². The van der Waals surface area contributed by atoms with Crippen LogP contribution in [0.3, 0.4) is 0 Å². The van der Waals surface area contributed by atoms with Gasteiger partial charge in [-0.25, -0.2) is 13.1 Å². The maximum Gasteiger partial charge on any atom is 0.270 e. The van der Waals surface area contributed by atoms with Crippen molar-refractivity contribution in [2.45, 2.75) is 17.9 Å². The lowest BCUT2D eigenvalue weighted by molar-refractivity contribution is -0.385. The van der Waals surface area contributed by atoms with Crippen LogP contribution < -0.4 is 4.72 Å². The molecule has 9 heteroatoms. The van der Waals surface area contributed by atoms with Crippen LogP contribution in [0.15, 0.2) is 23.1 Å². The molecule has 1 N–H and O–H groups in total. The van der Waals surface area contributed by atoms with E-state index in [-0.39, 0.29) is 28.3 Å². The van der Waals surface area contributed by atoms with Crippen LogP contribution in [0.4, 0.5) is 5.69 Å². The summed E-state index contributed by atoms with van der Waals surface area (Å²) in [6.07, 6.45) is -0.327. The van der Waals surface area contributed by atoms with E-state index in [1.807, 2.05) is 0 Å². The molecular weight excluding hydrogens is 296 g/mol. The number of hydrogen-bond donors (Lipinski definition) is 1. The van der Waals surface area contributed by atoms with Crippen molar-refractivity contribution < 1.29 is 18.1 Å². The normalized spacial score (nSPS) is 13.2. The molecule has 0 aliphatic carbocycles. The first-order valence-electron chi connectivity index (χ1n) is 5.24. The molecule has 7 nitrogen and oxygen atoms in total. The first-order valence-corrected chi connectivity index (χ1v) is 7.10. The number of halogens is 1. The monoisotopic (exact) mass is 308 g/mol. The van der Waals surface area contributed by atoms with Crippen LogP contribution in [0, 0.1) is 10.1 Å². The molecule has 1 unspecified atom stereocenters. The highest BCUT2D eigenvalue weighted by Crippen LogP contribution is 2.25. The average Bonchev–Trinajstić information content (AvgIpc) is 2.36. The number of nitro benzene ring substituents is 1. The van der Waals surface area contributed by atoms with Crippen LogP contribution in [0.25, 0.3) is 0 Å². The Labute approximate surface area is 115 Å². The van der Waals surface area contributed by atoms with Crippen LogP contribution in [0.1, 0.15) is 6.92 Å². The number of nitrogens with one attached hydrogen (secondary N) is 1. The van der Waals surface area contributed by atoms with Crippen LogP contribution in [0.5, 0.6) is 0 Å². The highest BCUT2D eigenvalue weighted by Gasteiger charge is 2.21. The molecule has 0 radical (unpaired) electrons. The number of non-ortho nitro benzene ring substituents is 1. The molecule has 1 aromatic rings. The highest BCUT2D eigenvalue weighted by atomic mass is 35.5. The molecule has 0 fully saturated rings. The summed E-state index contributed by atoms with van der Waals surface area (Å²) >= 11 is 5.76. The number of nitro groups is 1. The van der Waals surface area contributed by atoms with Crippen molar-refractivity contribution >= 4 is 27.3 Å². The van der Waals surface area contributed by atoms with Crippen molar-refractivity contribution in [2.75, 3.05) is 13.7 Å². The van der Waals surface area contributed by atoms with Gasteiger partial charge in [-0.15, -0.1) is 0 Å². The standard InChI is InChI=1S/C10H13ClN2O5S/c1-7(18-2)6-12-19(16,17)10-5-8(13(14)15)3-4-9(10)11/h3-5,7,12H,6H2,1-2H3. The Morgan fingerprint density at radius 2 is 2.16 bits per heavy atom. The maximum absolute atomic E-state index is 12.0. The summed E-state index contributed by atoms with van der Waals surface area (Å²) in [5.41, 5.74) is -0.343. The summed E-state index contributed by atoms with van der Waals surface area (Å²) < 4.78 is 31.1. The number of benzene rings is 1. The molecule has 106 valence electrons. The lowest BCUT2D eigenvalue weighted by Gasteiger charge is -2.12. The van der Waals surface area contributed by atoms with Gasteiger partial charge in [0.15, 0.2) is 0 Å². The summed E-state index contributed by atoms with van der Waals surface area (Å²) in [4.78, 5) is 9.62. The highest BCUT2D eigenvalue weighted by molar-refractivity contribution is 7.89. The Kier molecular flexibility index (Phi) is 5.24. The predicted molar refractivity (Wildman–Crippen MR) is 69.8 cm³/mol. The Hall–Kier alpha value is -1.22. The van der Waals surface area contributed by atoms with E-state index in [0.717, 1.165) is 12.1 Å². The molecule has 0 saturated heterocycles. The molecule has 0 aromatic heterocycles. The zero-order valence-corrected chi connectivity index (χ0v) is 11.9. The molecule has 0 aliphatic rings. The van der Waals surface area contributed by atoms with Crippen molar-refractivity contribution in [3.05, 3.63) is 33.3 Å². The van der Waals surface area contributed by atoms with Crippen LogP contribution in [0.2, 0.25) is 5.02 Å². The lowest BCUT2D eigenvalue weighted by Crippen LogP contribution is -2.31. The van der Waals surface area contributed by atoms with Crippen molar-refractivity contribution in [2.24, 2.45) is 0 Å². The van der Waals surface area contributed by atoms with E-state index < -0.39 is 14.9 Å². The largest absolute Gasteiger partial charge is 0.380 e. The van der Waals surface area contributed by atoms with Gasteiger partial charge in [0, 0.05) is 25.8 Å². The Balaban J connectivity index is 3.06. The Morgan fingerprint density at radius 3 is 2.68 bits per heavy atom. The molecule has 1 rings (SSSR count). The third-order valence-corrected chi connectivity index (χ3v) is 4.28. The minimum atomic E-state index is -3.92. The quantitative estimate of drug-likeness (QED) is 0.635. The van der Waals surface area contributed by atoms with E-state index in [2.05, 4.69) is 4.72 Å². The number of ether oxygens (including phenoxy) is 1. The van der Waals surface area contributed by atoms with Crippen molar-refractivity contribution in [1.29, 1.82) is 0 Å². The average molecular weight is 309 g/mol. The molecule has 0 amide bonds. The fraction of sp³-hybridized carbons (Fsp3) is 0.400. The molecule has 0 heterocycles. The van der Waals surface area contributed by atoms with Crippen LogP contribution >= 0.6 is 11.6 Å². The second-order valence-electron chi connectivity index (χ2n) is 3.77. The molecular formula is C10H13ClN2O5S.